The Kier molecular flexibility index (Phi) is 6.76. The van der Waals surface area contributed by atoms with Gasteiger partial charge in [-0.15, -0.1) is 0 Å². The highest BCUT2D eigenvalue weighted by atomic mass is 19.1. The molecule has 0 fully saturated rings. The Labute approximate surface area is 213 Å². The molecule has 0 aliphatic carbocycles. The number of halogens is 1. The molecule has 4 aromatic rings. The Morgan fingerprint density at radius 3 is 2.73 bits per heavy atom. The van der Waals surface area contributed by atoms with Gasteiger partial charge < -0.3 is 29.2 Å². The largest absolute Gasteiger partial charge is 0.454 e. The molecule has 10 nitrogen and oxygen atoms in total. The predicted octanol–water partition coefficient (Wildman–Crippen LogP) is 3.27. The highest BCUT2D eigenvalue weighted by molar-refractivity contribution is 5.84. The van der Waals surface area contributed by atoms with Gasteiger partial charge >= 0.3 is 0 Å². The summed E-state index contributed by atoms with van der Waals surface area (Å²) < 4.78 is 26.5. The number of likely N-dealkylation sites (N-methyl/N-ethyl adjacent to an activating group) is 2. The number of benzene rings is 2. The molecule has 5 rings (SSSR count). The Bertz CT molecular complexity index is 1440. The molecule has 1 N–H and O–H groups in total. The van der Waals surface area contributed by atoms with Crippen LogP contribution in [0, 0.1) is 5.82 Å². The zero-order valence-corrected chi connectivity index (χ0v) is 20.9. The highest BCUT2D eigenvalue weighted by Crippen LogP contribution is 2.33. The molecule has 0 spiro atoms. The summed E-state index contributed by atoms with van der Waals surface area (Å²) in [7, 11) is 3.64. The van der Waals surface area contributed by atoms with Crippen LogP contribution < -0.4 is 19.7 Å². The lowest BCUT2D eigenvalue weighted by Crippen LogP contribution is -2.34. The van der Waals surface area contributed by atoms with Crippen LogP contribution in [0.15, 0.2) is 48.8 Å². The molecule has 1 aliphatic rings. The number of hydrogen-bond acceptors (Lipinski definition) is 8. The topological polar surface area (TPSA) is 97.6 Å². The first-order valence-electron chi connectivity index (χ1n) is 11.9. The van der Waals surface area contributed by atoms with E-state index in [4.69, 9.17) is 19.4 Å². The molecule has 1 aliphatic heterocycles. The molecule has 0 radical (unpaired) electrons. The number of nitrogens with zero attached hydrogens (tertiary/aromatic N) is 6. The number of amides is 1. The van der Waals surface area contributed by atoms with Crippen LogP contribution in [0.3, 0.4) is 0 Å². The van der Waals surface area contributed by atoms with Gasteiger partial charge in [0, 0.05) is 40.7 Å². The van der Waals surface area contributed by atoms with E-state index >= 15 is 0 Å². The number of carbonyl (C=O) groups excluding carboxylic acids is 1. The minimum absolute atomic E-state index is 0.0102. The number of carbonyl (C=O) groups is 1. The molecular formula is C26H28FN7O3. The van der Waals surface area contributed by atoms with Gasteiger partial charge in [0.05, 0.1) is 12.9 Å². The Morgan fingerprint density at radius 2 is 1.92 bits per heavy atom. The molecule has 0 bridgehead atoms. The summed E-state index contributed by atoms with van der Waals surface area (Å²) in [6, 6.07) is 12.2. The number of ether oxygens (including phenoxy) is 2. The molecule has 0 saturated heterocycles. The third kappa shape index (κ3) is 5.40. The number of nitrogens with one attached hydrogen (secondary N) is 1. The fraction of sp³-hybridized carbons (Fsp3) is 0.308. The lowest BCUT2D eigenvalue weighted by molar-refractivity contribution is -0.127. The fourth-order valence-electron chi connectivity index (χ4n) is 3.97. The molecule has 11 heteroatoms. The van der Waals surface area contributed by atoms with Gasteiger partial charge in [0.2, 0.25) is 18.6 Å². The fourth-order valence-corrected chi connectivity index (χ4v) is 3.97. The van der Waals surface area contributed by atoms with Crippen molar-refractivity contribution in [1.82, 2.24) is 24.4 Å². The van der Waals surface area contributed by atoms with Gasteiger partial charge in [-0.3, -0.25) is 4.79 Å². The second kappa shape index (κ2) is 10.3. The molecule has 0 unspecified atom stereocenters. The van der Waals surface area contributed by atoms with Crippen molar-refractivity contribution < 1.29 is 18.7 Å². The van der Waals surface area contributed by atoms with Gasteiger partial charge in [-0.25, -0.2) is 9.37 Å². The van der Waals surface area contributed by atoms with Crippen molar-refractivity contribution in [1.29, 1.82) is 0 Å². The van der Waals surface area contributed by atoms with Crippen molar-refractivity contribution in [2.75, 3.05) is 44.2 Å². The van der Waals surface area contributed by atoms with Gasteiger partial charge in [-0.05, 0) is 35.4 Å². The maximum absolute atomic E-state index is 13.8. The average molecular weight is 506 g/mol. The minimum atomic E-state index is -0.294. The van der Waals surface area contributed by atoms with Crippen molar-refractivity contribution in [3.63, 3.8) is 0 Å². The summed E-state index contributed by atoms with van der Waals surface area (Å²) >= 11 is 0. The number of anilines is 2. The van der Waals surface area contributed by atoms with Gasteiger partial charge in [-0.1, -0.05) is 18.2 Å². The summed E-state index contributed by atoms with van der Waals surface area (Å²) in [6.45, 7) is 3.71. The van der Waals surface area contributed by atoms with Crippen LogP contribution in [0.4, 0.5) is 16.2 Å². The van der Waals surface area contributed by atoms with E-state index < -0.39 is 0 Å². The third-order valence-electron chi connectivity index (χ3n) is 6.24. The van der Waals surface area contributed by atoms with Crippen LogP contribution in [0.2, 0.25) is 0 Å². The number of aromatic nitrogens is 4. The van der Waals surface area contributed by atoms with E-state index in [9.17, 15) is 9.18 Å². The van der Waals surface area contributed by atoms with Gasteiger partial charge in [0.25, 0.3) is 0 Å². The normalized spacial score (nSPS) is 12.1. The van der Waals surface area contributed by atoms with Crippen molar-refractivity contribution in [2.45, 2.75) is 20.0 Å². The third-order valence-corrected chi connectivity index (χ3v) is 6.24. The first-order valence-corrected chi connectivity index (χ1v) is 11.9. The van der Waals surface area contributed by atoms with E-state index in [2.05, 4.69) is 10.3 Å². The van der Waals surface area contributed by atoms with Crippen LogP contribution in [-0.4, -0.2) is 64.3 Å². The average Bonchev–Trinajstić information content (AvgIpc) is 3.52. The van der Waals surface area contributed by atoms with E-state index in [1.165, 1.54) is 19.1 Å². The number of rotatable bonds is 9. The monoisotopic (exact) mass is 505 g/mol. The maximum atomic E-state index is 13.8. The van der Waals surface area contributed by atoms with E-state index in [0.717, 1.165) is 16.9 Å². The summed E-state index contributed by atoms with van der Waals surface area (Å²) in [5.41, 5.74) is 3.02. The lowest BCUT2D eigenvalue weighted by Gasteiger charge is -2.22. The Balaban J connectivity index is 1.45. The van der Waals surface area contributed by atoms with Crippen LogP contribution in [0.25, 0.3) is 11.2 Å². The van der Waals surface area contributed by atoms with Crippen LogP contribution in [0.1, 0.15) is 18.1 Å². The molecule has 3 heterocycles. The van der Waals surface area contributed by atoms with Gasteiger partial charge in [0.15, 0.2) is 28.5 Å². The SMILES string of the molecule is CC(=O)N(C)CCN(C)c1nc(NCc2ccc3c(c2)OCO3)c2ncn(Cc3cccc(F)c3)c2n1. The number of imidazole rings is 1. The van der Waals surface area contributed by atoms with E-state index in [-0.39, 0.29) is 18.5 Å². The lowest BCUT2D eigenvalue weighted by atomic mass is 10.2. The molecule has 2 aromatic carbocycles. The van der Waals surface area contributed by atoms with Crippen LogP contribution in [-0.2, 0) is 17.9 Å². The number of hydrogen-bond donors (Lipinski definition) is 1. The zero-order chi connectivity index (χ0) is 25.9. The zero-order valence-electron chi connectivity index (χ0n) is 20.9. The summed E-state index contributed by atoms with van der Waals surface area (Å²) in [5, 5.41) is 3.39. The molecule has 0 saturated carbocycles. The molecular weight excluding hydrogens is 477 g/mol. The quantitative estimate of drug-likeness (QED) is 0.370. The van der Waals surface area contributed by atoms with Crippen LogP contribution >= 0.6 is 0 Å². The van der Waals surface area contributed by atoms with Gasteiger partial charge in [0.1, 0.15) is 5.82 Å². The summed E-state index contributed by atoms with van der Waals surface area (Å²) in [4.78, 5) is 29.3. The first kappa shape index (κ1) is 24.3. The highest BCUT2D eigenvalue weighted by Gasteiger charge is 2.18. The van der Waals surface area contributed by atoms with Crippen LogP contribution in [0.5, 0.6) is 11.5 Å². The smallest absolute Gasteiger partial charge is 0.231 e. The molecule has 0 atom stereocenters. The second-order valence-electron chi connectivity index (χ2n) is 8.95. The van der Waals surface area contributed by atoms with Crippen molar-refractivity contribution in [2.24, 2.45) is 0 Å². The molecule has 192 valence electrons. The summed E-state index contributed by atoms with van der Waals surface area (Å²) in [5.74, 6) is 2.19. The predicted molar refractivity (Wildman–Crippen MR) is 137 cm³/mol. The summed E-state index contributed by atoms with van der Waals surface area (Å²) in [6.07, 6.45) is 1.68. The van der Waals surface area contributed by atoms with E-state index in [0.29, 0.717) is 54.9 Å². The Hall–Kier alpha value is -4.41. The van der Waals surface area contributed by atoms with E-state index in [1.807, 2.05) is 40.8 Å². The molecule has 2 aromatic heterocycles. The molecule has 37 heavy (non-hydrogen) atoms. The standard InChI is InChI=1S/C26H28FN7O3/c1-17(35)32(2)9-10-33(3)26-30-24(28-13-18-7-8-21-22(12-18)37-16-36-21)23-25(31-26)34(15-29-23)14-19-5-4-6-20(27)11-19/h4-8,11-12,15H,9-10,13-14,16H2,1-3H3,(H,28,30,31). The minimum Gasteiger partial charge on any atom is -0.454 e. The Morgan fingerprint density at radius 1 is 1.08 bits per heavy atom. The van der Waals surface area contributed by atoms with Crippen molar-refractivity contribution in [3.8, 4) is 11.5 Å². The molecule has 1 amide bonds. The van der Waals surface area contributed by atoms with Crippen molar-refractivity contribution >= 4 is 28.8 Å². The number of fused-ring (bicyclic) bond motifs is 2. The second-order valence-corrected chi connectivity index (χ2v) is 8.95. The first-order chi connectivity index (χ1) is 17.9. The van der Waals surface area contributed by atoms with Crippen molar-refractivity contribution in [3.05, 3.63) is 65.7 Å². The maximum Gasteiger partial charge on any atom is 0.231 e. The van der Waals surface area contributed by atoms with E-state index in [1.54, 1.807) is 24.3 Å². The van der Waals surface area contributed by atoms with Gasteiger partial charge in [-0.2, -0.15) is 9.97 Å².